The summed E-state index contributed by atoms with van der Waals surface area (Å²) in [6.45, 7) is 0. The van der Waals surface area contributed by atoms with E-state index in [0.29, 0.717) is 5.69 Å². The number of hydrogen-bond acceptors (Lipinski definition) is 3. The van der Waals surface area contributed by atoms with E-state index < -0.39 is 0 Å². The summed E-state index contributed by atoms with van der Waals surface area (Å²) in [4.78, 5) is 13.3. The molecule has 1 amide bonds. The van der Waals surface area contributed by atoms with Gasteiger partial charge in [0.05, 0.1) is 5.69 Å². The molecule has 0 saturated carbocycles. The Kier molecular flexibility index (Phi) is 3.24. The number of carbonyl (C=O) groups is 1. The lowest BCUT2D eigenvalue weighted by atomic mass is 10.1. The van der Waals surface area contributed by atoms with Gasteiger partial charge in [-0.25, -0.2) is 0 Å². The normalized spacial score (nSPS) is 17.7. The van der Waals surface area contributed by atoms with Gasteiger partial charge in [0.1, 0.15) is 5.25 Å². The molecule has 0 fully saturated rings. The van der Waals surface area contributed by atoms with Crippen LogP contribution in [0.25, 0.3) is 0 Å². The van der Waals surface area contributed by atoms with Gasteiger partial charge in [0.15, 0.2) is 0 Å². The van der Waals surface area contributed by atoms with Crippen molar-refractivity contribution in [2.24, 2.45) is 0 Å². The van der Waals surface area contributed by atoms with Crippen LogP contribution in [-0.2, 0) is 4.79 Å². The van der Waals surface area contributed by atoms with Crippen molar-refractivity contribution in [1.29, 1.82) is 0 Å². The molecule has 2 aromatic carbocycles. The minimum atomic E-state index is -0.244. The van der Waals surface area contributed by atoms with Crippen molar-refractivity contribution >= 4 is 45.0 Å². The van der Waals surface area contributed by atoms with Gasteiger partial charge in [-0.2, -0.15) is 0 Å². The number of fused-ring (bicyclic) bond motifs is 1. The zero-order valence-electron chi connectivity index (χ0n) is 9.89. The summed E-state index contributed by atoms with van der Waals surface area (Å²) >= 11 is 5.04. The predicted molar refractivity (Wildman–Crippen MR) is 82.2 cm³/mol. The Hall–Kier alpha value is -1.46. The van der Waals surface area contributed by atoms with Crippen LogP contribution in [0.3, 0.4) is 0 Å². The van der Waals surface area contributed by atoms with Crippen molar-refractivity contribution in [3.8, 4) is 0 Å². The highest BCUT2D eigenvalue weighted by molar-refractivity contribution is 9.10. The van der Waals surface area contributed by atoms with Crippen LogP contribution in [0.2, 0.25) is 0 Å². The molecule has 0 spiro atoms. The van der Waals surface area contributed by atoms with E-state index in [1.54, 1.807) is 17.8 Å². The average molecular weight is 335 g/mol. The number of nitrogens with one attached hydrogen (secondary N) is 1. The second-order valence-electron chi connectivity index (χ2n) is 4.26. The molecule has 1 unspecified atom stereocenters. The van der Waals surface area contributed by atoms with Crippen molar-refractivity contribution in [2.75, 3.05) is 11.1 Å². The SMILES string of the molecule is Nc1ccc2c(c1)NC(=O)C(c1ccccc1Br)S2. The highest BCUT2D eigenvalue weighted by Gasteiger charge is 2.29. The molecule has 2 aromatic rings. The van der Waals surface area contributed by atoms with Gasteiger partial charge in [-0.1, -0.05) is 34.1 Å². The van der Waals surface area contributed by atoms with E-state index in [9.17, 15) is 4.79 Å². The smallest absolute Gasteiger partial charge is 0.242 e. The fraction of sp³-hybridized carbons (Fsp3) is 0.0714. The number of amides is 1. The molecule has 0 aliphatic carbocycles. The summed E-state index contributed by atoms with van der Waals surface area (Å²) in [7, 11) is 0. The van der Waals surface area contributed by atoms with Gasteiger partial charge < -0.3 is 11.1 Å². The van der Waals surface area contributed by atoms with Gasteiger partial charge >= 0.3 is 0 Å². The third kappa shape index (κ3) is 2.35. The maximum absolute atomic E-state index is 12.2. The first-order chi connectivity index (χ1) is 9.15. The van der Waals surface area contributed by atoms with Crippen LogP contribution < -0.4 is 11.1 Å². The lowest BCUT2D eigenvalue weighted by Crippen LogP contribution is -2.23. The number of carbonyl (C=O) groups excluding carboxylic acids is 1. The molecule has 3 nitrogen and oxygen atoms in total. The van der Waals surface area contributed by atoms with Gasteiger partial charge in [0.2, 0.25) is 5.91 Å². The first-order valence-corrected chi connectivity index (χ1v) is 7.44. The first kappa shape index (κ1) is 12.6. The Morgan fingerprint density at radius 2 is 2.00 bits per heavy atom. The monoisotopic (exact) mass is 334 g/mol. The number of nitrogen functional groups attached to an aromatic ring is 1. The second kappa shape index (κ2) is 4.90. The molecule has 5 heteroatoms. The number of thioether (sulfide) groups is 1. The molecule has 3 N–H and O–H groups in total. The zero-order valence-corrected chi connectivity index (χ0v) is 12.3. The van der Waals surface area contributed by atoms with Crippen molar-refractivity contribution < 1.29 is 4.79 Å². The number of benzene rings is 2. The van der Waals surface area contributed by atoms with E-state index in [1.165, 1.54) is 0 Å². The lowest BCUT2D eigenvalue weighted by molar-refractivity contribution is -0.115. The van der Waals surface area contributed by atoms with E-state index in [1.807, 2.05) is 36.4 Å². The summed E-state index contributed by atoms with van der Waals surface area (Å²) in [5.41, 5.74) is 8.15. The molecular weight excluding hydrogens is 324 g/mol. The summed E-state index contributed by atoms with van der Waals surface area (Å²) in [6, 6.07) is 13.4. The van der Waals surface area contributed by atoms with Crippen LogP contribution in [0.5, 0.6) is 0 Å². The van der Waals surface area contributed by atoms with Crippen LogP contribution in [0.15, 0.2) is 51.8 Å². The standard InChI is InChI=1S/C14H11BrN2OS/c15-10-4-2-1-3-9(10)13-14(18)17-11-7-8(16)5-6-12(11)19-13/h1-7,13H,16H2,(H,17,18). The third-order valence-electron chi connectivity index (χ3n) is 2.93. The van der Waals surface area contributed by atoms with Gasteiger partial charge in [-0.05, 0) is 29.8 Å². The summed E-state index contributed by atoms with van der Waals surface area (Å²) < 4.78 is 0.946. The molecule has 1 aliphatic rings. The lowest BCUT2D eigenvalue weighted by Gasteiger charge is -2.25. The van der Waals surface area contributed by atoms with Gasteiger partial charge in [-0.15, -0.1) is 11.8 Å². The largest absolute Gasteiger partial charge is 0.399 e. The molecule has 1 heterocycles. The molecule has 19 heavy (non-hydrogen) atoms. The highest BCUT2D eigenvalue weighted by Crippen LogP contribution is 2.45. The molecule has 96 valence electrons. The van der Waals surface area contributed by atoms with Crippen molar-refractivity contribution in [3.63, 3.8) is 0 Å². The molecule has 0 aromatic heterocycles. The Morgan fingerprint density at radius 3 is 2.79 bits per heavy atom. The van der Waals surface area contributed by atoms with Crippen molar-refractivity contribution in [3.05, 3.63) is 52.5 Å². The molecule has 0 radical (unpaired) electrons. The summed E-state index contributed by atoms with van der Waals surface area (Å²) in [6.07, 6.45) is 0. The number of halogens is 1. The van der Waals surface area contributed by atoms with E-state index in [0.717, 1.165) is 20.6 Å². The Balaban J connectivity index is 2.01. The van der Waals surface area contributed by atoms with E-state index in [2.05, 4.69) is 21.2 Å². The van der Waals surface area contributed by atoms with E-state index in [-0.39, 0.29) is 11.2 Å². The van der Waals surface area contributed by atoms with Crippen LogP contribution >= 0.6 is 27.7 Å². The predicted octanol–water partition coefficient (Wildman–Crippen LogP) is 3.82. The topological polar surface area (TPSA) is 55.1 Å². The average Bonchev–Trinajstić information content (AvgIpc) is 2.39. The second-order valence-corrected chi connectivity index (χ2v) is 6.27. The maximum Gasteiger partial charge on any atom is 0.242 e. The van der Waals surface area contributed by atoms with Gasteiger partial charge in [-0.3, -0.25) is 4.79 Å². The van der Waals surface area contributed by atoms with Gasteiger partial charge in [0.25, 0.3) is 0 Å². The molecule has 0 bridgehead atoms. The minimum Gasteiger partial charge on any atom is -0.399 e. The molecule has 0 saturated heterocycles. The zero-order chi connectivity index (χ0) is 13.4. The van der Waals surface area contributed by atoms with Crippen LogP contribution in [0.1, 0.15) is 10.8 Å². The molecular formula is C14H11BrN2OS. The van der Waals surface area contributed by atoms with Crippen LogP contribution in [-0.4, -0.2) is 5.91 Å². The molecule has 1 aliphatic heterocycles. The Morgan fingerprint density at radius 1 is 1.21 bits per heavy atom. The fourth-order valence-electron chi connectivity index (χ4n) is 2.02. The van der Waals surface area contributed by atoms with Crippen LogP contribution in [0, 0.1) is 0 Å². The van der Waals surface area contributed by atoms with Crippen molar-refractivity contribution in [1.82, 2.24) is 0 Å². The third-order valence-corrected chi connectivity index (χ3v) is 4.97. The quantitative estimate of drug-likeness (QED) is 0.779. The minimum absolute atomic E-state index is 0.0185. The number of nitrogens with two attached hydrogens (primary N) is 1. The van der Waals surface area contributed by atoms with Crippen molar-refractivity contribution in [2.45, 2.75) is 10.1 Å². The number of rotatable bonds is 1. The van der Waals surface area contributed by atoms with Crippen LogP contribution in [0.4, 0.5) is 11.4 Å². The summed E-state index contributed by atoms with van der Waals surface area (Å²) in [5.74, 6) is -0.0185. The van der Waals surface area contributed by atoms with E-state index in [4.69, 9.17) is 5.73 Å². The molecule has 1 atom stereocenters. The number of anilines is 2. The fourth-order valence-corrected chi connectivity index (χ4v) is 3.82. The Labute approximate surface area is 123 Å². The number of hydrogen-bond donors (Lipinski definition) is 2. The molecule has 3 rings (SSSR count). The van der Waals surface area contributed by atoms with E-state index >= 15 is 0 Å². The summed E-state index contributed by atoms with van der Waals surface area (Å²) in [5, 5.41) is 2.67. The highest BCUT2D eigenvalue weighted by atomic mass is 79.9. The maximum atomic E-state index is 12.2. The van der Waals surface area contributed by atoms with Gasteiger partial charge in [0, 0.05) is 15.1 Å². The first-order valence-electron chi connectivity index (χ1n) is 5.76. The Bertz CT molecular complexity index is 660.